The molecule has 5 aliphatic rings. The van der Waals surface area contributed by atoms with Crippen LogP contribution >= 0.6 is 0 Å². The number of cyclic esters (lactones) is 1. The summed E-state index contributed by atoms with van der Waals surface area (Å²) < 4.78 is 16.5. The average molecular weight is 489 g/mol. The van der Waals surface area contributed by atoms with E-state index in [2.05, 4.69) is 6.92 Å². The van der Waals surface area contributed by atoms with Gasteiger partial charge in [-0.25, -0.2) is 4.79 Å². The zero-order chi connectivity index (χ0) is 25.2. The summed E-state index contributed by atoms with van der Waals surface area (Å²) in [5.41, 5.74) is -1.65. The van der Waals surface area contributed by atoms with E-state index < -0.39 is 28.5 Å². The van der Waals surface area contributed by atoms with Gasteiger partial charge in [-0.3, -0.25) is 9.59 Å². The molecule has 35 heavy (non-hydrogen) atoms. The van der Waals surface area contributed by atoms with Crippen LogP contribution in [0.4, 0.5) is 0 Å². The van der Waals surface area contributed by atoms with Gasteiger partial charge in [0.2, 0.25) is 0 Å². The first-order chi connectivity index (χ1) is 16.5. The van der Waals surface area contributed by atoms with E-state index in [0.717, 1.165) is 24.7 Å². The van der Waals surface area contributed by atoms with E-state index in [-0.39, 0.29) is 48.3 Å². The van der Waals surface area contributed by atoms with Crippen LogP contribution in [-0.2, 0) is 33.4 Å². The van der Waals surface area contributed by atoms with Gasteiger partial charge in [0, 0.05) is 30.8 Å². The molecule has 8 nitrogen and oxygen atoms in total. The Morgan fingerprint density at radius 3 is 2.43 bits per heavy atom. The lowest BCUT2D eigenvalue weighted by Gasteiger charge is -2.63. The lowest BCUT2D eigenvalue weighted by atomic mass is 9.42. The van der Waals surface area contributed by atoms with E-state index in [9.17, 15) is 24.3 Å². The van der Waals surface area contributed by atoms with Crippen LogP contribution in [0.2, 0.25) is 0 Å². The molecule has 1 aliphatic heterocycles. The number of aliphatic hydroxyl groups is 1. The number of fused-ring (bicyclic) bond motifs is 5. The van der Waals surface area contributed by atoms with Crippen LogP contribution in [0, 0.1) is 34.5 Å². The highest BCUT2D eigenvalue weighted by atomic mass is 16.6. The molecule has 4 fully saturated rings. The Morgan fingerprint density at radius 1 is 1.06 bits per heavy atom. The maximum Gasteiger partial charge on any atom is 0.331 e. The summed E-state index contributed by atoms with van der Waals surface area (Å²) in [7, 11) is 0. The molecule has 8 heteroatoms. The quantitative estimate of drug-likeness (QED) is 0.365. The van der Waals surface area contributed by atoms with Crippen molar-refractivity contribution in [3.8, 4) is 0 Å². The fourth-order valence-corrected chi connectivity index (χ4v) is 8.96. The summed E-state index contributed by atoms with van der Waals surface area (Å²) >= 11 is 0. The molecule has 1 N–H and O–H groups in total. The van der Waals surface area contributed by atoms with E-state index in [1.54, 1.807) is 0 Å². The first kappa shape index (κ1) is 24.5. The molecule has 0 unspecified atom stereocenters. The van der Waals surface area contributed by atoms with Gasteiger partial charge in [0.1, 0.15) is 30.7 Å². The highest BCUT2D eigenvalue weighted by Gasteiger charge is 2.73. The van der Waals surface area contributed by atoms with Gasteiger partial charge >= 0.3 is 17.9 Å². The standard InChI is InChI=1S/C27H36O8/c1-15(29)34-19-6-9-26(14-28)18(11-19)4-5-21-20(26)7-8-25(3)22(17-10-24(31)33-13-17)12-23(27(21,25)32)35-16(2)30/h10,14,18-23,32H,4-9,11-13H2,1-3H3/t18-,19-,20-,21+,22+,23+,25+,26+,27+/m0/s1. The Balaban J connectivity index is 1.51. The van der Waals surface area contributed by atoms with Crippen LogP contribution in [0.5, 0.6) is 0 Å². The van der Waals surface area contributed by atoms with E-state index in [0.29, 0.717) is 38.5 Å². The van der Waals surface area contributed by atoms with Crippen molar-refractivity contribution < 1.29 is 38.5 Å². The summed E-state index contributed by atoms with van der Waals surface area (Å²) in [4.78, 5) is 48.3. The van der Waals surface area contributed by atoms with Crippen molar-refractivity contribution >= 4 is 24.2 Å². The number of carbonyl (C=O) groups excluding carboxylic acids is 4. The van der Waals surface area contributed by atoms with Gasteiger partial charge in [0.05, 0.1) is 0 Å². The zero-order valence-electron chi connectivity index (χ0n) is 20.8. The summed E-state index contributed by atoms with van der Waals surface area (Å²) in [6.07, 6.45) is 7.02. The van der Waals surface area contributed by atoms with E-state index in [4.69, 9.17) is 14.2 Å². The number of ether oxygens (including phenoxy) is 3. The third-order valence-electron chi connectivity index (χ3n) is 10.4. The number of hydrogen-bond acceptors (Lipinski definition) is 8. The van der Waals surface area contributed by atoms with E-state index in [1.165, 1.54) is 19.9 Å². The summed E-state index contributed by atoms with van der Waals surface area (Å²) in [6, 6.07) is 0. The Kier molecular flexibility index (Phi) is 5.89. The van der Waals surface area contributed by atoms with Crippen LogP contribution in [-0.4, -0.2) is 53.7 Å². The Bertz CT molecular complexity index is 972. The minimum atomic E-state index is -1.31. The lowest BCUT2D eigenvalue weighted by molar-refractivity contribution is -0.238. The van der Waals surface area contributed by atoms with Crippen LogP contribution < -0.4 is 0 Å². The molecule has 0 bridgehead atoms. The highest BCUT2D eigenvalue weighted by molar-refractivity contribution is 5.85. The molecule has 9 atom stereocenters. The van der Waals surface area contributed by atoms with E-state index in [1.807, 2.05) is 0 Å². The minimum Gasteiger partial charge on any atom is -0.463 e. The number of rotatable bonds is 4. The van der Waals surface area contributed by atoms with Crippen molar-refractivity contribution in [2.45, 2.75) is 89.9 Å². The molecular formula is C27H36O8. The molecule has 4 aliphatic carbocycles. The fraction of sp³-hybridized carbons (Fsp3) is 0.778. The maximum atomic E-state index is 12.8. The molecule has 192 valence electrons. The number of hydrogen-bond donors (Lipinski definition) is 1. The van der Waals surface area contributed by atoms with Crippen molar-refractivity contribution in [1.82, 2.24) is 0 Å². The van der Waals surface area contributed by atoms with Crippen molar-refractivity contribution in [2.75, 3.05) is 6.61 Å². The lowest BCUT2D eigenvalue weighted by Crippen LogP contribution is -2.66. The van der Waals surface area contributed by atoms with Crippen molar-refractivity contribution in [2.24, 2.45) is 34.5 Å². The second-order valence-electron chi connectivity index (χ2n) is 11.7. The van der Waals surface area contributed by atoms with Gasteiger partial charge < -0.3 is 24.1 Å². The van der Waals surface area contributed by atoms with Crippen LogP contribution in [0.15, 0.2) is 11.6 Å². The monoisotopic (exact) mass is 488 g/mol. The van der Waals surface area contributed by atoms with Crippen molar-refractivity contribution in [1.29, 1.82) is 0 Å². The molecule has 0 aromatic carbocycles. The normalized spacial score (nSPS) is 46.4. The first-order valence-electron chi connectivity index (χ1n) is 13.0. The number of aldehydes is 1. The minimum absolute atomic E-state index is 0.0395. The van der Waals surface area contributed by atoms with Gasteiger partial charge in [-0.1, -0.05) is 6.92 Å². The topological polar surface area (TPSA) is 116 Å². The molecule has 0 saturated heterocycles. The zero-order valence-corrected chi connectivity index (χ0v) is 20.8. The van der Waals surface area contributed by atoms with Gasteiger partial charge in [-0.05, 0) is 80.6 Å². The SMILES string of the molecule is CC(=O)O[C@H]1CC[C@@]2(C=O)[C@@H](CC[C@@H]3[C@@H]2CC[C@]2(C)[C@@H](C4=CC(=O)OC4)C[C@@H](OC(C)=O)[C@]32O)C1. The molecular weight excluding hydrogens is 452 g/mol. The third-order valence-corrected chi connectivity index (χ3v) is 10.4. The molecule has 4 saturated carbocycles. The van der Waals surface area contributed by atoms with Crippen molar-refractivity contribution in [3.05, 3.63) is 11.6 Å². The maximum absolute atomic E-state index is 12.8. The van der Waals surface area contributed by atoms with Crippen molar-refractivity contribution in [3.63, 3.8) is 0 Å². The summed E-state index contributed by atoms with van der Waals surface area (Å²) in [5, 5.41) is 12.6. The van der Waals surface area contributed by atoms with Gasteiger partial charge in [-0.2, -0.15) is 0 Å². The first-order valence-corrected chi connectivity index (χ1v) is 13.0. The number of esters is 3. The van der Waals surface area contributed by atoms with Crippen LogP contribution in [0.25, 0.3) is 0 Å². The Hall–Kier alpha value is -2.22. The highest BCUT2D eigenvalue weighted by Crippen LogP contribution is 2.70. The van der Waals surface area contributed by atoms with E-state index >= 15 is 0 Å². The van der Waals surface area contributed by atoms with Gasteiger partial charge in [-0.15, -0.1) is 0 Å². The van der Waals surface area contributed by atoms with Crippen LogP contribution in [0.3, 0.4) is 0 Å². The second kappa shape index (κ2) is 8.43. The predicted octanol–water partition coefficient (Wildman–Crippen LogP) is 2.90. The Morgan fingerprint density at radius 2 is 1.80 bits per heavy atom. The Labute approximate surface area is 205 Å². The number of carbonyl (C=O) groups is 4. The van der Waals surface area contributed by atoms with Gasteiger partial charge in [0.15, 0.2) is 0 Å². The largest absolute Gasteiger partial charge is 0.463 e. The second-order valence-corrected chi connectivity index (χ2v) is 11.7. The van der Waals surface area contributed by atoms with Crippen LogP contribution in [0.1, 0.15) is 72.1 Å². The van der Waals surface area contributed by atoms with Gasteiger partial charge in [0.25, 0.3) is 0 Å². The molecule has 0 aromatic heterocycles. The molecule has 0 radical (unpaired) electrons. The average Bonchev–Trinajstić information content (AvgIpc) is 3.32. The third kappa shape index (κ3) is 3.50. The molecule has 0 aromatic rings. The smallest absolute Gasteiger partial charge is 0.331 e. The molecule has 5 rings (SSSR count). The predicted molar refractivity (Wildman–Crippen MR) is 123 cm³/mol. The molecule has 0 amide bonds. The molecule has 1 heterocycles. The fourth-order valence-electron chi connectivity index (χ4n) is 8.96. The molecule has 0 spiro atoms. The summed E-state index contributed by atoms with van der Waals surface area (Å²) in [6.45, 7) is 5.03. The summed E-state index contributed by atoms with van der Waals surface area (Å²) in [5.74, 6) is -1.41.